The Morgan fingerprint density at radius 1 is 0.950 bits per heavy atom. The molecule has 6 nitrogen and oxygen atoms in total. The summed E-state index contributed by atoms with van der Waals surface area (Å²) in [6.45, 7) is 5.91. The van der Waals surface area contributed by atoms with Gasteiger partial charge in [-0.1, -0.05) is 35.3 Å². The van der Waals surface area contributed by atoms with Crippen molar-refractivity contribution >= 4 is 29.2 Å². The Balaban J connectivity index is 1.49. The molecule has 2 aliphatic heterocycles. The molecule has 2 aromatic rings. The number of hydrogen-bond acceptors (Lipinski definition) is 4. The van der Waals surface area contributed by atoms with Crippen molar-refractivity contribution in [2.24, 2.45) is 0 Å². The van der Waals surface area contributed by atoms with Gasteiger partial charge in [-0.05, 0) is 56.5 Å². The van der Waals surface area contributed by atoms with E-state index in [9.17, 15) is 22.4 Å². The monoisotopic (exact) mass is 603 g/mol. The van der Waals surface area contributed by atoms with E-state index in [0.717, 1.165) is 43.9 Å². The first-order valence-electron chi connectivity index (χ1n) is 13.2. The molecular weight excluding hydrogens is 569 g/mol. The molecule has 2 aromatic carbocycles. The fourth-order valence-corrected chi connectivity index (χ4v) is 5.76. The standard InChI is InChI=1S/C28H35Cl2F4N5O/c1-35(2)8-9-37-10-12-38(13-11-37)27(40)39-17-21(20-5-7-23(29)24(30)15-20)26(18-39)36(3)16-19-4-6-22(25(31)14-19)28(32,33)34/h4-7,14-15,21,26H,8-13,16-18H2,1-3H3. The fraction of sp³-hybridized carbons (Fsp3) is 0.536. The summed E-state index contributed by atoms with van der Waals surface area (Å²) >= 11 is 12.5. The van der Waals surface area contributed by atoms with E-state index in [1.54, 1.807) is 12.1 Å². The lowest BCUT2D eigenvalue weighted by molar-refractivity contribution is -0.140. The number of carbonyl (C=O) groups is 1. The van der Waals surface area contributed by atoms with Gasteiger partial charge in [0.25, 0.3) is 0 Å². The number of likely N-dealkylation sites (N-methyl/N-ethyl adjacent to an activating group) is 2. The molecule has 2 atom stereocenters. The molecule has 0 radical (unpaired) electrons. The molecule has 12 heteroatoms. The second-order valence-electron chi connectivity index (χ2n) is 10.9. The van der Waals surface area contributed by atoms with E-state index < -0.39 is 17.6 Å². The maximum Gasteiger partial charge on any atom is 0.419 e. The molecule has 0 saturated carbocycles. The Morgan fingerprint density at radius 2 is 1.65 bits per heavy atom. The number of hydrogen-bond donors (Lipinski definition) is 0. The molecule has 2 heterocycles. The van der Waals surface area contributed by atoms with E-state index in [0.29, 0.717) is 41.8 Å². The van der Waals surface area contributed by atoms with Crippen molar-refractivity contribution in [3.63, 3.8) is 0 Å². The number of benzene rings is 2. The van der Waals surface area contributed by atoms with Gasteiger partial charge in [-0.3, -0.25) is 9.80 Å². The average molecular weight is 605 g/mol. The van der Waals surface area contributed by atoms with Crippen LogP contribution >= 0.6 is 23.2 Å². The van der Waals surface area contributed by atoms with Crippen LogP contribution in [0.2, 0.25) is 10.0 Å². The molecule has 0 aliphatic carbocycles. The van der Waals surface area contributed by atoms with Crippen LogP contribution in [0.1, 0.15) is 22.6 Å². The number of rotatable bonds is 7. The molecule has 2 aliphatic rings. The summed E-state index contributed by atoms with van der Waals surface area (Å²) in [5.74, 6) is -1.42. The van der Waals surface area contributed by atoms with E-state index in [1.807, 2.05) is 41.9 Å². The van der Waals surface area contributed by atoms with Crippen molar-refractivity contribution in [2.75, 3.05) is 73.5 Å². The molecule has 2 saturated heterocycles. The minimum absolute atomic E-state index is 0.0335. The fourth-order valence-electron chi connectivity index (χ4n) is 5.46. The minimum Gasteiger partial charge on any atom is -0.322 e. The van der Waals surface area contributed by atoms with Gasteiger partial charge in [0.1, 0.15) is 5.82 Å². The van der Waals surface area contributed by atoms with Crippen molar-refractivity contribution in [3.8, 4) is 0 Å². The largest absolute Gasteiger partial charge is 0.419 e. The van der Waals surface area contributed by atoms with E-state index in [1.165, 1.54) is 6.07 Å². The molecule has 0 bridgehead atoms. The third-order valence-electron chi connectivity index (χ3n) is 7.77. The maximum atomic E-state index is 14.3. The molecule has 2 fully saturated rings. The molecule has 2 unspecified atom stereocenters. The highest BCUT2D eigenvalue weighted by Crippen LogP contribution is 2.36. The van der Waals surface area contributed by atoms with Gasteiger partial charge < -0.3 is 14.7 Å². The highest BCUT2D eigenvalue weighted by Gasteiger charge is 2.40. The SMILES string of the molecule is CN(C)CCN1CCN(C(=O)N2CC(c3ccc(Cl)c(Cl)c3)C(N(C)Cc3ccc(C(F)(F)F)c(F)c3)C2)CC1. The topological polar surface area (TPSA) is 33.3 Å². The predicted octanol–water partition coefficient (Wildman–Crippen LogP) is 5.35. The van der Waals surface area contributed by atoms with Crippen LogP contribution in [0.5, 0.6) is 0 Å². The van der Waals surface area contributed by atoms with Gasteiger partial charge in [-0.25, -0.2) is 9.18 Å². The van der Waals surface area contributed by atoms with Crippen molar-refractivity contribution in [1.82, 2.24) is 24.5 Å². The van der Waals surface area contributed by atoms with Gasteiger partial charge in [0, 0.05) is 70.9 Å². The lowest BCUT2D eigenvalue weighted by Gasteiger charge is -2.37. The van der Waals surface area contributed by atoms with Crippen LogP contribution in [-0.2, 0) is 12.7 Å². The van der Waals surface area contributed by atoms with E-state index in [2.05, 4.69) is 9.80 Å². The Labute approximate surface area is 243 Å². The lowest BCUT2D eigenvalue weighted by atomic mass is 9.93. The zero-order chi connectivity index (χ0) is 29.2. The van der Waals surface area contributed by atoms with Crippen molar-refractivity contribution in [1.29, 1.82) is 0 Å². The van der Waals surface area contributed by atoms with Gasteiger partial charge in [-0.15, -0.1) is 0 Å². The second-order valence-corrected chi connectivity index (χ2v) is 11.7. The summed E-state index contributed by atoms with van der Waals surface area (Å²) in [5, 5.41) is 0.831. The Morgan fingerprint density at radius 3 is 2.25 bits per heavy atom. The van der Waals surface area contributed by atoms with Gasteiger partial charge in [0.15, 0.2) is 0 Å². The Kier molecular flexibility index (Phi) is 9.88. The quantitative estimate of drug-likeness (QED) is 0.400. The molecule has 0 spiro atoms. The van der Waals surface area contributed by atoms with Crippen molar-refractivity contribution in [2.45, 2.75) is 24.7 Å². The van der Waals surface area contributed by atoms with Crippen LogP contribution in [0.4, 0.5) is 22.4 Å². The summed E-state index contributed by atoms with van der Waals surface area (Å²) in [5.41, 5.74) is 0.0419. The van der Waals surface area contributed by atoms with Crippen LogP contribution in [0.15, 0.2) is 36.4 Å². The number of alkyl halides is 3. The smallest absolute Gasteiger partial charge is 0.322 e. The normalized spacial score (nSPS) is 20.7. The van der Waals surface area contributed by atoms with Crippen LogP contribution in [0, 0.1) is 5.82 Å². The van der Waals surface area contributed by atoms with E-state index in [4.69, 9.17) is 23.2 Å². The number of halogens is 6. The zero-order valence-corrected chi connectivity index (χ0v) is 24.4. The second kappa shape index (κ2) is 12.8. The number of likely N-dealkylation sites (tertiary alicyclic amines) is 1. The van der Waals surface area contributed by atoms with Gasteiger partial charge in [0.05, 0.1) is 15.6 Å². The summed E-state index contributed by atoms with van der Waals surface area (Å²) in [6.07, 6.45) is -4.75. The number of piperazine rings is 1. The summed E-state index contributed by atoms with van der Waals surface area (Å²) in [7, 11) is 5.92. The molecule has 4 rings (SSSR count). The molecule has 220 valence electrons. The number of nitrogens with zero attached hydrogens (tertiary/aromatic N) is 5. The first kappa shape index (κ1) is 30.8. The van der Waals surface area contributed by atoms with Gasteiger partial charge >= 0.3 is 12.2 Å². The van der Waals surface area contributed by atoms with Crippen molar-refractivity contribution < 1.29 is 22.4 Å². The summed E-state index contributed by atoms with van der Waals surface area (Å²) in [4.78, 5) is 23.7. The Bertz CT molecular complexity index is 1190. The van der Waals surface area contributed by atoms with Crippen LogP contribution in [-0.4, -0.2) is 110 Å². The first-order valence-corrected chi connectivity index (χ1v) is 14.0. The molecular formula is C28H35Cl2F4N5O. The van der Waals surface area contributed by atoms with Crippen molar-refractivity contribution in [3.05, 3.63) is 69.0 Å². The summed E-state index contributed by atoms with van der Waals surface area (Å²) in [6, 6.07) is 8.20. The first-order chi connectivity index (χ1) is 18.8. The van der Waals surface area contributed by atoms with Crippen LogP contribution in [0.3, 0.4) is 0 Å². The molecule has 0 aromatic heterocycles. The highest BCUT2D eigenvalue weighted by molar-refractivity contribution is 6.42. The van der Waals surface area contributed by atoms with Crippen LogP contribution in [0.25, 0.3) is 0 Å². The molecule has 2 amide bonds. The molecule has 0 N–H and O–H groups in total. The van der Waals surface area contributed by atoms with Gasteiger partial charge in [-0.2, -0.15) is 13.2 Å². The highest BCUT2D eigenvalue weighted by atomic mass is 35.5. The number of amides is 2. The van der Waals surface area contributed by atoms with E-state index in [-0.39, 0.29) is 24.5 Å². The third-order valence-corrected chi connectivity index (χ3v) is 8.51. The number of urea groups is 1. The number of carbonyl (C=O) groups excluding carboxylic acids is 1. The zero-order valence-electron chi connectivity index (χ0n) is 22.9. The lowest BCUT2D eigenvalue weighted by Crippen LogP contribution is -2.53. The van der Waals surface area contributed by atoms with Crippen LogP contribution < -0.4 is 0 Å². The summed E-state index contributed by atoms with van der Waals surface area (Å²) < 4.78 is 53.4. The van der Waals surface area contributed by atoms with E-state index >= 15 is 0 Å². The minimum atomic E-state index is -4.75. The van der Waals surface area contributed by atoms with Gasteiger partial charge in [0.2, 0.25) is 0 Å². The maximum absolute atomic E-state index is 14.3. The predicted molar refractivity (Wildman–Crippen MR) is 149 cm³/mol. The Hall–Kier alpha value is -2.11. The average Bonchev–Trinajstić information content (AvgIpc) is 3.34. The third kappa shape index (κ3) is 7.39. The molecule has 40 heavy (non-hydrogen) atoms.